The third kappa shape index (κ3) is 2.01. The number of para-hydroxylation sites is 1. The number of imide groups is 1. The molecule has 3 aromatic heterocycles. The molecule has 0 aliphatic carbocycles. The Kier molecular flexibility index (Phi) is 2.70. The normalized spacial score (nSPS) is 14.7. The van der Waals surface area contributed by atoms with Crippen molar-refractivity contribution in [1.29, 1.82) is 0 Å². The number of aromatic nitrogens is 3. The molecule has 4 aromatic rings. The molecule has 6 heteroatoms. The zero-order chi connectivity index (χ0) is 17.0. The molecule has 25 heavy (non-hydrogen) atoms. The number of nitrogens with zero attached hydrogens (tertiary/aromatic N) is 2. The number of pyridine rings is 1. The first-order chi connectivity index (χ1) is 12.2. The number of fused-ring (bicyclic) bond motifs is 2. The molecule has 0 fully saturated rings. The van der Waals surface area contributed by atoms with E-state index < -0.39 is 11.8 Å². The zero-order valence-corrected chi connectivity index (χ0v) is 13.0. The maximum absolute atomic E-state index is 12.4. The molecule has 4 heterocycles. The Hall–Kier alpha value is -3.67. The van der Waals surface area contributed by atoms with Gasteiger partial charge in [0.1, 0.15) is 5.65 Å². The summed E-state index contributed by atoms with van der Waals surface area (Å²) in [6, 6.07) is 15.2. The molecule has 6 nitrogen and oxygen atoms in total. The van der Waals surface area contributed by atoms with E-state index in [0.29, 0.717) is 28.2 Å². The van der Waals surface area contributed by atoms with Gasteiger partial charge < -0.3 is 9.38 Å². The summed E-state index contributed by atoms with van der Waals surface area (Å²) in [7, 11) is 0. The molecule has 2 amide bonds. The van der Waals surface area contributed by atoms with Gasteiger partial charge in [-0.15, -0.1) is 0 Å². The number of aromatic amines is 1. The third-order valence-corrected chi connectivity index (χ3v) is 4.35. The van der Waals surface area contributed by atoms with Crippen molar-refractivity contribution in [2.24, 2.45) is 0 Å². The largest absolute Gasteiger partial charge is 0.354 e. The smallest absolute Gasteiger partial charge is 0.261 e. The Balaban J connectivity index is 1.77. The predicted octanol–water partition coefficient (Wildman–Crippen LogP) is 2.38. The van der Waals surface area contributed by atoms with Crippen LogP contribution in [0.3, 0.4) is 0 Å². The number of amides is 2. The first kappa shape index (κ1) is 13.7. The molecule has 0 radical (unpaired) electrons. The molecule has 0 atom stereocenters. The van der Waals surface area contributed by atoms with Gasteiger partial charge >= 0.3 is 0 Å². The molecular formula is C19H12N4O2. The molecule has 120 valence electrons. The zero-order valence-electron chi connectivity index (χ0n) is 13.0. The van der Waals surface area contributed by atoms with Crippen molar-refractivity contribution in [3.63, 3.8) is 0 Å². The molecular weight excluding hydrogens is 316 g/mol. The van der Waals surface area contributed by atoms with Crippen molar-refractivity contribution < 1.29 is 9.59 Å². The number of imidazole rings is 1. The standard InChI is InChI=1S/C19H12N4O2/c24-18-16(13-9-11-5-1-2-6-12(11)20-13)17(19(25)22-18)14-10-23-8-4-3-7-15(23)21-14/h1-10,20H,(H,22,24,25). The van der Waals surface area contributed by atoms with Crippen LogP contribution in [0.1, 0.15) is 11.4 Å². The summed E-state index contributed by atoms with van der Waals surface area (Å²) >= 11 is 0. The summed E-state index contributed by atoms with van der Waals surface area (Å²) in [6.07, 6.45) is 3.61. The van der Waals surface area contributed by atoms with Gasteiger partial charge in [0.2, 0.25) is 0 Å². The van der Waals surface area contributed by atoms with Crippen molar-refractivity contribution in [2.45, 2.75) is 0 Å². The average molecular weight is 328 g/mol. The van der Waals surface area contributed by atoms with E-state index in [4.69, 9.17) is 0 Å². The van der Waals surface area contributed by atoms with Crippen molar-refractivity contribution >= 4 is 39.5 Å². The van der Waals surface area contributed by atoms with Crippen LogP contribution in [0.5, 0.6) is 0 Å². The molecule has 1 aliphatic heterocycles. The summed E-state index contributed by atoms with van der Waals surface area (Å²) < 4.78 is 1.82. The molecule has 1 aromatic carbocycles. The Bertz CT molecular complexity index is 1050. The van der Waals surface area contributed by atoms with Gasteiger partial charge in [0, 0.05) is 23.3 Å². The van der Waals surface area contributed by atoms with Gasteiger partial charge in [0.15, 0.2) is 0 Å². The fourth-order valence-corrected chi connectivity index (χ4v) is 3.22. The maximum atomic E-state index is 12.4. The highest BCUT2D eigenvalue weighted by Crippen LogP contribution is 2.32. The van der Waals surface area contributed by atoms with Crippen LogP contribution in [-0.2, 0) is 9.59 Å². The topological polar surface area (TPSA) is 79.3 Å². The van der Waals surface area contributed by atoms with E-state index in [1.165, 1.54) is 0 Å². The second kappa shape index (κ2) is 4.91. The monoisotopic (exact) mass is 328 g/mol. The van der Waals surface area contributed by atoms with E-state index in [9.17, 15) is 9.59 Å². The molecule has 0 unspecified atom stereocenters. The number of benzene rings is 1. The minimum Gasteiger partial charge on any atom is -0.354 e. The summed E-state index contributed by atoms with van der Waals surface area (Å²) in [4.78, 5) is 32.5. The fourth-order valence-electron chi connectivity index (χ4n) is 3.22. The highest BCUT2D eigenvalue weighted by Gasteiger charge is 2.34. The SMILES string of the molecule is O=C1NC(=O)C(c2cc3ccccc3[nH]2)=C1c1cn2ccccc2n1. The molecule has 0 saturated carbocycles. The lowest BCUT2D eigenvalue weighted by Gasteiger charge is -1.98. The number of carbonyl (C=O) groups excluding carboxylic acids is 2. The van der Waals surface area contributed by atoms with Gasteiger partial charge in [0.05, 0.1) is 22.5 Å². The van der Waals surface area contributed by atoms with Crippen LogP contribution >= 0.6 is 0 Å². The number of nitrogens with one attached hydrogen (secondary N) is 2. The van der Waals surface area contributed by atoms with E-state index in [-0.39, 0.29) is 0 Å². The molecule has 0 bridgehead atoms. The van der Waals surface area contributed by atoms with Crippen molar-refractivity contribution in [1.82, 2.24) is 19.7 Å². The van der Waals surface area contributed by atoms with Crippen molar-refractivity contribution in [3.05, 3.63) is 72.3 Å². The van der Waals surface area contributed by atoms with Gasteiger partial charge in [0.25, 0.3) is 11.8 Å². The number of hydrogen-bond donors (Lipinski definition) is 2. The Morgan fingerprint density at radius 1 is 0.920 bits per heavy atom. The van der Waals surface area contributed by atoms with Gasteiger partial charge in [-0.2, -0.15) is 0 Å². The summed E-state index contributed by atoms with van der Waals surface area (Å²) in [6.45, 7) is 0. The highest BCUT2D eigenvalue weighted by molar-refractivity contribution is 6.48. The van der Waals surface area contributed by atoms with Gasteiger partial charge in [-0.1, -0.05) is 24.3 Å². The van der Waals surface area contributed by atoms with Gasteiger partial charge in [-0.3, -0.25) is 14.9 Å². The summed E-state index contributed by atoms with van der Waals surface area (Å²) in [5.41, 5.74) is 3.32. The first-order valence-electron chi connectivity index (χ1n) is 7.83. The van der Waals surface area contributed by atoms with Crippen LogP contribution < -0.4 is 5.32 Å². The molecule has 5 rings (SSSR count). The number of H-pyrrole nitrogens is 1. The van der Waals surface area contributed by atoms with Crippen LogP contribution in [0.4, 0.5) is 0 Å². The van der Waals surface area contributed by atoms with Crippen LogP contribution in [0.15, 0.2) is 60.9 Å². The minimum atomic E-state index is -0.429. The lowest BCUT2D eigenvalue weighted by atomic mass is 10.0. The van der Waals surface area contributed by atoms with Crippen LogP contribution in [0, 0.1) is 0 Å². The molecule has 0 spiro atoms. The van der Waals surface area contributed by atoms with E-state index >= 15 is 0 Å². The summed E-state index contributed by atoms with van der Waals surface area (Å²) in [5.74, 6) is -0.842. The van der Waals surface area contributed by atoms with Crippen LogP contribution in [-0.4, -0.2) is 26.2 Å². The maximum Gasteiger partial charge on any atom is 0.261 e. The van der Waals surface area contributed by atoms with Crippen LogP contribution in [0.25, 0.3) is 27.7 Å². The highest BCUT2D eigenvalue weighted by atomic mass is 16.2. The van der Waals surface area contributed by atoms with Gasteiger partial charge in [-0.25, -0.2) is 4.98 Å². The van der Waals surface area contributed by atoms with Crippen LogP contribution in [0.2, 0.25) is 0 Å². The Labute approximate surface area is 141 Å². The minimum absolute atomic E-state index is 0.292. The lowest BCUT2D eigenvalue weighted by molar-refractivity contribution is -0.122. The Morgan fingerprint density at radius 2 is 1.72 bits per heavy atom. The Morgan fingerprint density at radius 3 is 2.56 bits per heavy atom. The predicted molar refractivity (Wildman–Crippen MR) is 93.5 cm³/mol. The number of rotatable bonds is 2. The van der Waals surface area contributed by atoms with E-state index in [1.54, 1.807) is 6.20 Å². The third-order valence-electron chi connectivity index (χ3n) is 4.35. The van der Waals surface area contributed by atoms with Crippen molar-refractivity contribution in [3.8, 4) is 0 Å². The number of carbonyl (C=O) groups is 2. The van der Waals surface area contributed by atoms with E-state index in [0.717, 1.165) is 10.9 Å². The summed E-state index contributed by atoms with van der Waals surface area (Å²) in [5, 5.41) is 3.36. The van der Waals surface area contributed by atoms with Gasteiger partial charge in [-0.05, 0) is 24.3 Å². The van der Waals surface area contributed by atoms with Crippen molar-refractivity contribution in [2.75, 3.05) is 0 Å². The average Bonchev–Trinajstić information content (AvgIpc) is 3.28. The van der Waals surface area contributed by atoms with E-state index in [1.807, 2.05) is 59.1 Å². The van der Waals surface area contributed by atoms with E-state index in [2.05, 4.69) is 15.3 Å². The number of hydrogen-bond acceptors (Lipinski definition) is 3. The fraction of sp³-hybridized carbons (Fsp3) is 0. The lowest BCUT2D eigenvalue weighted by Crippen LogP contribution is -2.22. The first-order valence-corrected chi connectivity index (χ1v) is 7.83. The molecule has 0 saturated heterocycles. The second-order valence-corrected chi connectivity index (χ2v) is 5.90. The second-order valence-electron chi connectivity index (χ2n) is 5.90. The quantitative estimate of drug-likeness (QED) is 0.555. The molecule has 1 aliphatic rings. The molecule has 2 N–H and O–H groups in total.